The van der Waals surface area contributed by atoms with Crippen molar-refractivity contribution in [2.75, 3.05) is 0 Å². The number of hydrogen-bond acceptors (Lipinski definition) is 2. The molecule has 2 aliphatic carbocycles. The van der Waals surface area contributed by atoms with Gasteiger partial charge in [-0.1, -0.05) is 12.2 Å². The standard InChI is InChI=1S/C10H8O2/c11-10-5-8-7-4-6(7)2-1-3-9(8)12-10/h1-3,5-7H,4H2. The first-order valence-electron chi connectivity index (χ1n) is 4.17. The third-order valence-electron chi connectivity index (χ3n) is 2.61. The first-order chi connectivity index (χ1) is 5.84. The van der Waals surface area contributed by atoms with Gasteiger partial charge in [0.2, 0.25) is 0 Å². The zero-order chi connectivity index (χ0) is 8.13. The molecule has 2 atom stereocenters. The summed E-state index contributed by atoms with van der Waals surface area (Å²) in [5, 5.41) is 0. The highest BCUT2D eigenvalue weighted by atomic mass is 16.5. The van der Waals surface area contributed by atoms with Crippen LogP contribution in [0.3, 0.4) is 0 Å². The van der Waals surface area contributed by atoms with E-state index in [1.807, 2.05) is 12.2 Å². The van der Waals surface area contributed by atoms with Gasteiger partial charge in [-0.2, -0.15) is 0 Å². The van der Waals surface area contributed by atoms with Gasteiger partial charge in [-0.05, 0) is 24.3 Å². The highest BCUT2D eigenvalue weighted by molar-refractivity contribution is 5.89. The van der Waals surface area contributed by atoms with E-state index in [1.54, 1.807) is 6.08 Å². The summed E-state index contributed by atoms with van der Waals surface area (Å²) in [6.07, 6.45) is 8.85. The summed E-state index contributed by atoms with van der Waals surface area (Å²) in [7, 11) is 0. The number of rotatable bonds is 0. The van der Waals surface area contributed by atoms with E-state index in [4.69, 9.17) is 4.74 Å². The molecule has 3 aliphatic rings. The molecule has 2 unspecified atom stereocenters. The molecule has 12 heavy (non-hydrogen) atoms. The van der Waals surface area contributed by atoms with E-state index in [1.165, 1.54) is 6.42 Å². The van der Waals surface area contributed by atoms with Gasteiger partial charge in [-0.25, -0.2) is 4.79 Å². The average molecular weight is 160 g/mol. The first-order valence-corrected chi connectivity index (χ1v) is 4.17. The van der Waals surface area contributed by atoms with Crippen molar-refractivity contribution in [3.05, 3.63) is 35.6 Å². The molecule has 0 radical (unpaired) electrons. The molecule has 0 bridgehead atoms. The Morgan fingerprint density at radius 3 is 3.33 bits per heavy atom. The zero-order valence-corrected chi connectivity index (χ0v) is 6.49. The summed E-state index contributed by atoms with van der Waals surface area (Å²) in [4.78, 5) is 10.9. The van der Waals surface area contributed by atoms with Crippen LogP contribution >= 0.6 is 0 Å². The average Bonchev–Trinajstić information content (AvgIpc) is 2.71. The molecule has 0 aromatic carbocycles. The fourth-order valence-corrected chi connectivity index (χ4v) is 1.89. The van der Waals surface area contributed by atoms with Crippen LogP contribution in [0.2, 0.25) is 0 Å². The maximum Gasteiger partial charge on any atom is 0.336 e. The summed E-state index contributed by atoms with van der Waals surface area (Å²) in [5.41, 5.74) is 1.11. The van der Waals surface area contributed by atoms with E-state index in [-0.39, 0.29) is 5.97 Å². The topological polar surface area (TPSA) is 26.3 Å². The van der Waals surface area contributed by atoms with E-state index >= 15 is 0 Å². The SMILES string of the molecule is O=C1C=C2C(=CC=CC3CC23)O1. The van der Waals surface area contributed by atoms with Crippen molar-refractivity contribution >= 4 is 5.97 Å². The van der Waals surface area contributed by atoms with Gasteiger partial charge in [-0.3, -0.25) is 0 Å². The minimum Gasteiger partial charge on any atom is -0.423 e. The van der Waals surface area contributed by atoms with Gasteiger partial charge >= 0.3 is 5.97 Å². The van der Waals surface area contributed by atoms with Crippen molar-refractivity contribution in [1.29, 1.82) is 0 Å². The van der Waals surface area contributed by atoms with Gasteiger partial charge in [0, 0.05) is 11.6 Å². The highest BCUT2D eigenvalue weighted by Gasteiger charge is 2.43. The van der Waals surface area contributed by atoms with Gasteiger partial charge in [0.05, 0.1) is 0 Å². The molecule has 1 saturated carbocycles. The lowest BCUT2D eigenvalue weighted by molar-refractivity contribution is -0.132. The molecule has 0 N–H and O–H groups in total. The lowest BCUT2D eigenvalue weighted by Crippen LogP contribution is -1.91. The lowest BCUT2D eigenvalue weighted by atomic mass is 10.1. The fourth-order valence-electron chi connectivity index (χ4n) is 1.89. The van der Waals surface area contributed by atoms with Crippen molar-refractivity contribution < 1.29 is 9.53 Å². The predicted octanol–water partition coefficient (Wildman–Crippen LogP) is 1.56. The Balaban J connectivity index is 2.09. The molecule has 0 aromatic rings. The molecule has 0 amide bonds. The normalized spacial score (nSPS) is 35.8. The van der Waals surface area contributed by atoms with Crippen molar-refractivity contribution in [3.8, 4) is 0 Å². The number of esters is 1. The molecule has 60 valence electrons. The van der Waals surface area contributed by atoms with Gasteiger partial charge < -0.3 is 4.74 Å². The molecular formula is C10H8O2. The van der Waals surface area contributed by atoms with E-state index in [2.05, 4.69) is 6.08 Å². The minimum atomic E-state index is -0.211. The van der Waals surface area contributed by atoms with Crippen molar-refractivity contribution in [2.45, 2.75) is 6.42 Å². The summed E-state index contributed by atoms with van der Waals surface area (Å²) in [6.45, 7) is 0. The van der Waals surface area contributed by atoms with Crippen LogP contribution in [0.25, 0.3) is 0 Å². The van der Waals surface area contributed by atoms with E-state index in [9.17, 15) is 4.79 Å². The Kier molecular flexibility index (Phi) is 0.980. The summed E-state index contributed by atoms with van der Waals surface area (Å²) >= 11 is 0. The number of carbonyl (C=O) groups excluding carboxylic acids is 1. The van der Waals surface area contributed by atoms with Crippen LogP contribution in [0.1, 0.15) is 6.42 Å². The Bertz CT molecular complexity index is 347. The number of ether oxygens (including phenoxy) is 1. The lowest BCUT2D eigenvalue weighted by Gasteiger charge is -1.98. The monoisotopic (exact) mass is 160 g/mol. The zero-order valence-electron chi connectivity index (χ0n) is 6.49. The maximum atomic E-state index is 10.9. The second-order valence-electron chi connectivity index (χ2n) is 3.44. The Morgan fingerprint density at radius 2 is 2.42 bits per heavy atom. The smallest absolute Gasteiger partial charge is 0.336 e. The van der Waals surface area contributed by atoms with Crippen LogP contribution in [-0.2, 0) is 9.53 Å². The fraction of sp³-hybridized carbons (Fsp3) is 0.300. The molecule has 1 aliphatic heterocycles. The van der Waals surface area contributed by atoms with Gasteiger partial charge in [0.1, 0.15) is 5.76 Å². The van der Waals surface area contributed by atoms with Crippen LogP contribution in [0.4, 0.5) is 0 Å². The first kappa shape index (κ1) is 6.23. The second kappa shape index (κ2) is 1.89. The van der Waals surface area contributed by atoms with Crippen LogP contribution in [0.15, 0.2) is 35.6 Å². The highest BCUT2D eigenvalue weighted by Crippen LogP contribution is 2.50. The van der Waals surface area contributed by atoms with Crippen molar-refractivity contribution in [3.63, 3.8) is 0 Å². The molecule has 0 aromatic heterocycles. The summed E-state index contributed by atoms with van der Waals surface area (Å²) < 4.78 is 5.02. The van der Waals surface area contributed by atoms with Gasteiger partial charge in [0.25, 0.3) is 0 Å². The van der Waals surface area contributed by atoms with Gasteiger partial charge in [0.15, 0.2) is 0 Å². The molecule has 2 nitrogen and oxygen atoms in total. The summed E-state index contributed by atoms with van der Waals surface area (Å²) in [5.74, 6) is 1.76. The molecular weight excluding hydrogens is 152 g/mol. The van der Waals surface area contributed by atoms with Crippen LogP contribution in [0.5, 0.6) is 0 Å². The Hall–Kier alpha value is -1.31. The molecule has 0 spiro atoms. The number of allylic oxidation sites excluding steroid dienone is 4. The quantitative estimate of drug-likeness (QED) is 0.502. The number of fused-ring (bicyclic) bond motifs is 3. The third kappa shape index (κ3) is 0.721. The number of hydrogen-bond donors (Lipinski definition) is 0. The van der Waals surface area contributed by atoms with E-state index in [0.717, 1.165) is 11.3 Å². The molecule has 0 saturated heterocycles. The molecule has 3 rings (SSSR count). The number of carbonyl (C=O) groups is 1. The van der Waals surface area contributed by atoms with Crippen LogP contribution in [0, 0.1) is 11.8 Å². The predicted molar refractivity (Wildman–Crippen MR) is 43.0 cm³/mol. The van der Waals surface area contributed by atoms with Crippen molar-refractivity contribution in [2.24, 2.45) is 11.8 Å². The molecule has 1 heterocycles. The largest absolute Gasteiger partial charge is 0.423 e. The minimum absolute atomic E-state index is 0.211. The second-order valence-corrected chi connectivity index (χ2v) is 3.44. The Morgan fingerprint density at radius 1 is 1.50 bits per heavy atom. The van der Waals surface area contributed by atoms with Gasteiger partial charge in [-0.15, -0.1) is 0 Å². The van der Waals surface area contributed by atoms with Crippen molar-refractivity contribution in [1.82, 2.24) is 0 Å². The molecule has 1 fully saturated rings. The summed E-state index contributed by atoms with van der Waals surface area (Å²) in [6, 6.07) is 0. The van der Waals surface area contributed by atoms with E-state index < -0.39 is 0 Å². The van der Waals surface area contributed by atoms with Crippen LogP contribution < -0.4 is 0 Å². The third-order valence-corrected chi connectivity index (χ3v) is 2.61. The maximum absolute atomic E-state index is 10.9. The molecule has 2 heteroatoms. The van der Waals surface area contributed by atoms with E-state index in [0.29, 0.717) is 11.8 Å². The Labute approximate surface area is 70.2 Å². The van der Waals surface area contributed by atoms with Crippen LogP contribution in [-0.4, -0.2) is 5.97 Å².